The molecule has 0 aliphatic carbocycles. The van der Waals surface area contributed by atoms with E-state index >= 15 is 0 Å². The number of carboxylic acid groups (broad SMARTS) is 1. The number of anilines is 1. The lowest BCUT2D eigenvalue weighted by Crippen LogP contribution is -2.13. The van der Waals surface area contributed by atoms with E-state index in [2.05, 4.69) is 5.32 Å². The summed E-state index contributed by atoms with van der Waals surface area (Å²) in [5.41, 5.74) is 1.48. The maximum Gasteiger partial charge on any atom is 0.328 e. The molecular weight excluding hydrogens is 238 g/mol. The Morgan fingerprint density at radius 2 is 2.00 bits per heavy atom. The van der Waals surface area contributed by atoms with Crippen LogP contribution in [0, 0.1) is 0 Å². The maximum absolute atomic E-state index is 11.3. The lowest BCUT2D eigenvalue weighted by Gasteiger charge is -2.03. The first kappa shape index (κ1) is 13.3. The summed E-state index contributed by atoms with van der Waals surface area (Å²) in [5, 5.41) is 11.2. The highest BCUT2D eigenvalue weighted by Gasteiger charge is 2.00. The number of benzene rings is 1. The van der Waals surface area contributed by atoms with Crippen molar-refractivity contribution in [2.24, 2.45) is 0 Å². The third-order valence-corrected chi connectivity index (χ3v) is 2.44. The minimum absolute atomic E-state index is 0.0497. The maximum atomic E-state index is 11.3. The zero-order chi connectivity index (χ0) is 12.7. The van der Waals surface area contributed by atoms with Crippen LogP contribution in [0.25, 0.3) is 6.08 Å². The first-order valence-corrected chi connectivity index (χ1v) is 6.31. The summed E-state index contributed by atoms with van der Waals surface area (Å²) in [5.74, 6) is -0.616. The van der Waals surface area contributed by atoms with E-state index in [0.29, 0.717) is 11.4 Å². The Balaban J connectivity index is 2.62. The largest absolute Gasteiger partial charge is 0.478 e. The fourth-order valence-corrected chi connectivity index (χ4v) is 1.51. The van der Waals surface area contributed by atoms with Gasteiger partial charge in [0.1, 0.15) is 0 Å². The van der Waals surface area contributed by atoms with E-state index < -0.39 is 5.97 Å². The molecule has 0 radical (unpaired) electrons. The lowest BCUT2D eigenvalue weighted by atomic mass is 10.2. The SMILES string of the molecule is CSCC(=O)Nc1ccc(C=CC(=O)O)cc1. The van der Waals surface area contributed by atoms with Gasteiger partial charge in [0.25, 0.3) is 0 Å². The quantitative estimate of drug-likeness (QED) is 0.786. The number of hydrogen-bond donors (Lipinski definition) is 2. The van der Waals surface area contributed by atoms with Gasteiger partial charge in [-0.15, -0.1) is 0 Å². The normalized spacial score (nSPS) is 10.4. The summed E-state index contributed by atoms with van der Waals surface area (Å²) in [6.45, 7) is 0. The fraction of sp³-hybridized carbons (Fsp3) is 0.167. The number of carbonyl (C=O) groups is 2. The van der Waals surface area contributed by atoms with Crippen LogP contribution in [0.4, 0.5) is 5.69 Å². The smallest absolute Gasteiger partial charge is 0.328 e. The van der Waals surface area contributed by atoms with Crippen LogP contribution in [0.3, 0.4) is 0 Å². The second kappa shape index (κ2) is 6.75. The van der Waals surface area contributed by atoms with Crippen LogP contribution in [0.1, 0.15) is 5.56 Å². The highest BCUT2D eigenvalue weighted by Crippen LogP contribution is 2.11. The predicted octanol–water partition coefficient (Wildman–Crippen LogP) is 2.09. The van der Waals surface area contributed by atoms with Gasteiger partial charge in [0.05, 0.1) is 5.75 Å². The van der Waals surface area contributed by atoms with Crippen molar-refractivity contribution in [3.8, 4) is 0 Å². The van der Waals surface area contributed by atoms with Crippen LogP contribution in [-0.4, -0.2) is 29.0 Å². The molecule has 0 heterocycles. The van der Waals surface area contributed by atoms with Crippen LogP contribution in [0.15, 0.2) is 30.3 Å². The summed E-state index contributed by atoms with van der Waals surface area (Å²) in [6.07, 6.45) is 4.43. The first-order chi connectivity index (χ1) is 8.11. The van der Waals surface area contributed by atoms with Crippen molar-refractivity contribution in [2.75, 3.05) is 17.3 Å². The number of amides is 1. The first-order valence-electron chi connectivity index (χ1n) is 4.91. The van der Waals surface area contributed by atoms with Gasteiger partial charge in [-0.1, -0.05) is 12.1 Å². The van der Waals surface area contributed by atoms with Gasteiger partial charge in [0, 0.05) is 11.8 Å². The van der Waals surface area contributed by atoms with Crippen molar-refractivity contribution in [3.05, 3.63) is 35.9 Å². The van der Waals surface area contributed by atoms with Crippen LogP contribution in [0.2, 0.25) is 0 Å². The van der Waals surface area contributed by atoms with Gasteiger partial charge in [-0.25, -0.2) is 4.79 Å². The Labute approximate surface area is 104 Å². The second-order valence-corrected chi connectivity index (χ2v) is 4.14. The molecule has 90 valence electrons. The Hall–Kier alpha value is -1.75. The third kappa shape index (κ3) is 5.21. The molecule has 0 saturated carbocycles. The van der Waals surface area contributed by atoms with E-state index in [9.17, 15) is 9.59 Å². The molecule has 0 aromatic heterocycles. The Morgan fingerprint density at radius 1 is 1.35 bits per heavy atom. The van der Waals surface area contributed by atoms with Gasteiger partial charge in [0.2, 0.25) is 5.91 Å². The van der Waals surface area contributed by atoms with E-state index in [4.69, 9.17) is 5.11 Å². The minimum atomic E-state index is -0.984. The number of carbonyl (C=O) groups excluding carboxylic acids is 1. The van der Waals surface area contributed by atoms with Crippen LogP contribution >= 0.6 is 11.8 Å². The Morgan fingerprint density at radius 3 is 2.53 bits per heavy atom. The predicted molar refractivity (Wildman–Crippen MR) is 70.1 cm³/mol. The van der Waals surface area contributed by atoms with Crippen LogP contribution in [0.5, 0.6) is 0 Å². The van der Waals surface area contributed by atoms with Gasteiger partial charge >= 0.3 is 5.97 Å². The highest BCUT2D eigenvalue weighted by atomic mass is 32.2. The molecule has 1 aromatic carbocycles. The molecule has 0 fully saturated rings. The van der Waals surface area contributed by atoms with Crippen molar-refractivity contribution in [2.45, 2.75) is 0 Å². The number of rotatable bonds is 5. The molecular formula is C12H13NO3S. The number of thioether (sulfide) groups is 1. The molecule has 1 amide bonds. The van der Waals surface area contributed by atoms with Gasteiger partial charge in [-0.2, -0.15) is 11.8 Å². The van der Waals surface area contributed by atoms with Crippen molar-refractivity contribution in [1.82, 2.24) is 0 Å². The second-order valence-electron chi connectivity index (χ2n) is 3.27. The average Bonchev–Trinajstić information content (AvgIpc) is 2.28. The van der Waals surface area contributed by atoms with Gasteiger partial charge in [-0.3, -0.25) is 4.79 Å². The van der Waals surface area contributed by atoms with Crippen LogP contribution < -0.4 is 5.32 Å². The van der Waals surface area contributed by atoms with Gasteiger partial charge < -0.3 is 10.4 Å². The zero-order valence-electron chi connectivity index (χ0n) is 9.34. The van der Waals surface area contributed by atoms with Crippen molar-refractivity contribution >= 4 is 35.4 Å². The highest BCUT2D eigenvalue weighted by molar-refractivity contribution is 7.99. The van der Waals surface area contributed by atoms with Crippen molar-refractivity contribution < 1.29 is 14.7 Å². The standard InChI is InChI=1S/C12H13NO3S/c1-17-8-11(14)13-10-5-2-9(3-6-10)4-7-12(15)16/h2-7H,8H2,1H3,(H,13,14)(H,15,16). The van der Waals surface area contributed by atoms with E-state index in [1.807, 2.05) is 6.26 Å². The molecule has 5 heteroatoms. The molecule has 0 aliphatic rings. The topological polar surface area (TPSA) is 66.4 Å². The minimum Gasteiger partial charge on any atom is -0.478 e. The molecule has 1 rings (SSSR count). The summed E-state index contributed by atoms with van der Waals surface area (Å²) < 4.78 is 0. The third-order valence-electron chi connectivity index (χ3n) is 1.89. The summed E-state index contributed by atoms with van der Waals surface area (Å²) in [6, 6.07) is 6.96. The fourth-order valence-electron chi connectivity index (χ4n) is 1.17. The number of hydrogen-bond acceptors (Lipinski definition) is 3. The number of nitrogens with one attached hydrogen (secondary N) is 1. The van der Waals surface area contributed by atoms with Crippen molar-refractivity contribution in [1.29, 1.82) is 0 Å². The van der Waals surface area contributed by atoms with E-state index in [-0.39, 0.29) is 5.91 Å². The lowest BCUT2D eigenvalue weighted by molar-refractivity contribution is -0.131. The molecule has 17 heavy (non-hydrogen) atoms. The van der Waals surface area contributed by atoms with E-state index in [1.54, 1.807) is 24.3 Å². The number of carboxylic acids is 1. The molecule has 0 saturated heterocycles. The van der Waals surface area contributed by atoms with Crippen LogP contribution in [-0.2, 0) is 9.59 Å². The van der Waals surface area contributed by atoms with E-state index in [0.717, 1.165) is 11.6 Å². The van der Waals surface area contributed by atoms with E-state index in [1.165, 1.54) is 17.8 Å². The molecule has 1 aromatic rings. The Bertz CT molecular complexity index is 426. The number of aliphatic carboxylic acids is 1. The summed E-state index contributed by atoms with van der Waals surface area (Å²) >= 11 is 1.45. The summed E-state index contributed by atoms with van der Waals surface area (Å²) in [4.78, 5) is 21.6. The Kier molecular flexibility index (Phi) is 5.29. The zero-order valence-corrected chi connectivity index (χ0v) is 10.2. The molecule has 4 nitrogen and oxygen atoms in total. The van der Waals surface area contributed by atoms with Gasteiger partial charge in [-0.05, 0) is 30.0 Å². The molecule has 2 N–H and O–H groups in total. The van der Waals surface area contributed by atoms with Gasteiger partial charge in [0.15, 0.2) is 0 Å². The summed E-state index contributed by atoms with van der Waals surface area (Å²) in [7, 11) is 0. The molecule has 0 bridgehead atoms. The average molecular weight is 251 g/mol. The molecule has 0 atom stereocenters. The molecule has 0 spiro atoms. The monoisotopic (exact) mass is 251 g/mol. The van der Waals surface area contributed by atoms with Crippen molar-refractivity contribution in [3.63, 3.8) is 0 Å². The molecule has 0 aliphatic heterocycles. The molecule has 0 unspecified atom stereocenters.